The molecule has 1 N–H and O–H groups in total. The van der Waals surface area contributed by atoms with Crippen molar-refractivity contribution in [3.8, 4) is 5.75 Å². The first-order valence-electron chi connectivity index (χ1n) is 7.47. The number of benzene rings is 1. The maximum Gasteiger partial charge on any atom is 0.162 e. The smallest absolute Gasteiger partial charge is 0.162 e. The molecule has 0 saturated heterocycles. The van der Waals surface area contributed by atoms with E-state index in [9.17, 15) is 5.11 Å². The Morgan fingerprint density at radius 3 is 2.88 bits per heavy atom. The molecule has 7 heteroatoms. The molecule has 24 heavy (non-hydrogen) atoms. The zero-order valence-corrected chi connectivity index (χ0v) is 14.1. The first kappa shape index (κ1) is 14.9. The van der Waals surface area contributed by atoms with Gasteiger partial charge < -0.3 is 5.11 Å². The van der Waals surface area contributed by atoms with Crippen LogP contribution in [0.2, 0.25) is 0 Å². The predicted molar refractivity (Wildman–Crippen MR) is 94.0 cm³/mol. The van der Waals surface area contributed by atoms with Crippen LogP contribution in [-0.2, 0) is 12.8 Å². The van der Waals surface area contributed by atoms with Crippen LogP contribution in [0.25, 0.3) is 21.9 Å². The third kappa shape index (κ3) is 2.46. The molecule has 0 unspecified atom stereocenters. The van der Waals surface area contributed by atoms with E-state index < -0.39 is 0 Å². The minimum atomic E-state index is 0.208. The van der Waals surface area contributed by atoms with Crippen molar-refractivity contribution in [2.24, 2.45) is 7.05 Å². The Labute approximate surface area is 142 Å². The summed E-state index contributed by atoms with van der Waals surface area (Å²) in [6.07, 6.45) is 3.35. The van der Waals surface area contributed by atoms with Crippen molar-refractivity contribution in [3.63, 3.8) is 0 Å². The highest BCUT2D eigenvalue weighted by Gasteiger charge is 2.11. The van der Waals surface area contributed by atoms with Gasteiger partial charge in [-0.15, -0.1) is 11.8 Å². The van der Waals surface area contributed by atoms with Crippen LogP contribution >= 0.6 is 11.8 Å². The van der Waals surface area contributed by atoms with Crippen molar-refractivity contribution in [3.05, 3.63) is 48.0 Å². The second-order valence-electron chi connectivity index (χ2n) is 5.57. The topological polar surface area (TPSA) is 76.7 Å². The van der Waals surface area contributed by atoms with Crippen LogP contribution in [0, 0.1) is 6.92 Å². The van der Waals surface area contributed by atoms with Crippen LogP contribution < -0.4 is 0 Å². The summed E-state index contributed by atoms with van der Waals surface area (Å²) in [6, 6.07) is 7.60. The number of hydrogen-bond acceptors (Lipinski definition) is 6. The molecule has 0 bridgehead atoms. The number of aromatic hydroxyl groups is 1. The van der Waals surface area contributed by atoms with Crippen molar-refractivity contribution >= 4 is 33.7 Å². The van der Waals surface area contributed by atoms with Gasteiger partial charge in [0, 0.05) is 23.9 Å². The number of hydrogen-bond donors (Lipinski definition) is 1. The third-order valence-electron chi connectivity index (χ3n) is 3.92. The van der Waals surface area contributed by atoms with E-state index in [1.807, 2.05) is 32.2 Å². The van der Waals surface area contributed by atoms with E-state index in [4.69, 9.17) is 0 Å². The summed E-state index contributed by atoms with van der Waals surface area (Å²) >= 11 is 1.63. The summed E-state index contributed by atoms with van der Waals surface area (Å²) in [7, 11) is 1.87. The molecule has 4 aromatic rings. The molecule has 3 aromatic heterocycles. The maximum atomic E-state index is 10.0. The number of aryl methyl sites for hydroxylation is 2. The molecule has 6 nitrogen and oxygen atoms in total. The quantitative estimate of drug-likeness (QED) is 0.457. The maximum absolute atomic E-state index is 10.0. The Bertz CT molecular complexity index is 1060. The van der Waals surface area contributed by atoms with Gasteiger partial charge >= 0.3 is 0 Å². The van der Waals surface area contributed by atoms with Crippen LogP contribution in [0.5, 0.6) is 5.75 Å². The van der Waals surface area contributed by atoms with Gasteiger partial charge in [-0.3, -0.25) is 4.68 Å². The molecule has 3 heterocycles. The summed E-state index contributed by atoms with van der Waals surface area (Å²) in [5.41, 5.74) is 3.45. The van der Waals surface area contributed by atoms with Crippen molar-refractivity contribution in [2.45, 2.75) is 17.7 Å². The van der Waals surface area contributed by atoms with E-state index >= 15 is 0 Å². The zero-order valence-electron chi connectivity index (χ0n) is 13.3. The number of fused-ring (bicyclic) bond motifs is 2. The lowest BCUT2D eigenvalue weighted by atomic mass is 10.1. The summed E-state index contributed by atoms with van der Waals surface area (Å²) in [5.74, 6) is 0.932. The highest BCUT2D eigenvalue weighted by molar-refractivity contribution is 7.98. The molecule has 0 fully saturated rings. The summed E-state index contributed by atoms with van der Waals surface area (Å²) in [4.78, 5) is 13.1. The molecular formula is C17H15N5OS. The lowest BCUT2D eigenvalue weighted by Crippen LogP contribution is -1.93. The first-order chi connectivity index (χ1) is 11.6. The van der Waals surface area contributed by atoms with Crippen LogP contribution in [0.15, 0.2) is 41.8 Å². The Morgan fingerprint density at radius 2 is 2.00 bits per heavy atom. The summed E-state index contributed by atoms with van der Waals surface area (Å²) in [6.45, 7) is 1.92. The van der Waals surface area contributed by atoms with E-state index in [1.165, 1.54) is 0 Å². The van der Waals surface area contributed by atoms with Gasteiger partial charge in [-0.2, -0.15) is 5.10 Å². The lowest BCUT2D eigenvalue weighted by Gasteiger charge is -2.08. The molecule has 0 aliphatic rings. The van der Waals surface area contributed by atoms with E-state index in [0.717, 1.165) is 38.5 Å². The SMILES string of the molecule is Cc1ccc2c(CSc3ncnc4c3cnn4C)ccc(O)c2n1. The van der Waals surface area contributed by atoms with Crippen molar-refractivity contribution in [1.82, 2.24) is 24.7 Å². The Kier molecular flexibility index (Phi) is 3.57. The fourth-order valence-electron chi connectivity index (χ4n) is 2.69. The monoisotopic (exact) mass is 337 g/mol. The third-order valence-corrected chi connectivity index (χ3v) is 4.98. The van der Waals surface area contributed by atoms with Gasteiger partial charge in [0.1, 0.15) is 22.6 Å². The van der Waals surface area contributed by atoms with Crippen molar-refractivity contribution < 1.29 is 5.11 Å². The standard InChI is InChI=1S/C17H15N5OS/c1-10-3-5-12-11(4-6-14(23)15(12)21-10)8-24-17-13-7-20-22(2)16(13)18-9-19-17/h3-7,9,23H,8H2,1-2H3. The van der Waals surface area contributed by atoms with Gasteiger partial charge in [0.15, 0.2) is 5.65 Å². The summed E-state index contributed by atoms with van der Waals surface area (Å²) in [5, 5.41) is 17.1. The van der Waals surface area contributed by atoms with E-state index in [-0.39, 0.29) is 5.75 Å². The number of thioether (sulfide) groups is 1. The second kappa shape index (κ2) is 5.76. The molecule has 0 aliphatic heterocycles. The van der Waals surface area contributed by atoms with Crippen molar-refractivity contribution in [2.75, 3.05) is 0 Å². The predicted octanol–water partition coefficient (Wildman–Crippen LogP) is 3.22. The van der Waals surface area contributed by atoms with Gasteiger partial charge in [0.2, 0.25) is 0 Å². The lowest BCUT2D eigenvalue weighted by molar-refractivity contribution is 0.480. The molecule has 0 amide bonds. The molecule has 0 spiro atoms. The highest BCUT2D eigenvalue weighted by Crippen LogP contribution is 2.32. The minimum Gasteiger partial charge on any atom is -0.506 e. The molecule has 120 valence electrons. The molecule has 1 aromatic carbocycles. The number of phenolic OH excluding ortho intramolecular Hbond substituents is 1. The molecule has 4 rings (SSSR count). The average molecular weight is 337 g/mol. The molecule has 0 radical (unpaired) electrons. The van der Waals surface area contributed by atoms with E-state index in [1.54, 1.807) is 35.0 Å². The van der Waals surface area contributed by atoms with Gasteiger partial charge in [-0.05, 0) is 24.6 Å². The Morgan fingerprint density at radius 1 is 1.12 bits per heavy atom. The van der Waals surface area contributed by atoms with Crippen LogP contribution in [0.4, 0.5) is 0 Å². The molecule has 0 atom stereocenters. The van der Waals surface area contributed by atoms with Crippen LogP contribution in [-0.4, -0.2) is 29.8 Å². The summed E-state index contributed by atoms with van der Waals surface area (Å²) < 4.78 is 1.74. The Balaban J connectivity index is 1.71. The molecule has 0 saturated carbocycles. The fraction of sp³-hybridized carbons (Fsp3) is 0.176. The fourth-order valence-corrected chi connectivity index (χ4v) is 3.65. The molecular weight excluding hydrogens is 322 g/mol. The van der Waals surface area contributed by atoms with Gasteiger partial charge in [0.25, 0.3) is 0 Å². The zero-order chi connectivity index (χ0) is 16.7. The van der Waals surface area contributed by atoms with E-state index in [0.29, 0.717) is 5.52 Å². The van der Waals surface area contributed by atoms with Gasteiger partial charge in [-0.1, -0.05) is 12.1 Å². The number of rotatable bonds is 3. The largest absolute Gasteiger partial charge is 0.506 e. The van der Waals surface area contributed by atoms with Crippen LogP contribution in [0.3, 0.4) is 0 Å². The Hall–Kier alpha value is -2.67. The first-order valence-corrected chi connectivity index (χ1v) is 8.46. The highest BCUT2D eigenvalue weighted by atomic mass is 32.2. The van der Waals surface area contributed by atoms with E-state index in [2.05, 4.69) is 20.1 Å². The number of nitrogens with zero attached hydrogens (tertiary/aromatic N) is 5. The van der Waals surface area contributed by atoms with Gasteiger partial charge in [0.05, 0.1) is 11.6 Å². The number of phenols is 1. The second-order valence-corrected chi connectivity index (χ2v) is 6.53. The van der Waals surface area contributed by atoms with Gasteiger partial charge in [-0.25, -0.2) is 15.0 Å². The minimum absolute atomic E-state index is 0.208. The number of aromatic nitrogens is 5. The number of pyridine rings is 1. The average Bonchev–Trinajstić information content (AvgIpc) is 2.97. The normalized spacial score (nSPS) is 11.4. The molecule has 0 aliphatic carbocycles. The van der Waals surface area contributed by atoms with Crippen molar-refractivity contribution in [1.29, 1.82) is 0 Å². The van der Waals surface area contributed by atoms with Crippen LogP contribution in [0.1, 0.15) is 11.3 Å².